The number of nitrogens with zero attached hydrogens (tertiary/aromatic N) is 1. The van der Waals surface area contributed by atoms with Gasteiger partial charge >= 0.3 is 0 Å². The summed E-state index contributed by atoms with van der Waals surface area (Å²) in [5, 5.41) is 9.40. The van der Waals surface area contributed by atoms with Gasteiger partial charge in [0.15, 0.2) is 0 Å². The van der Waals surface area contributed by atoms with Gasteiger partial charge in [0.05, 0.1) is 13.2 Å². The zero-order valence-corrected chi connectivity index (χ0v) is 9.46. The Morgan fingerprint density at radius 1 is 1.33 bits per heavy atom. The molecule has 0 aromatic heterocycles. The standard InChI is InChI=1S/C12H14ClNO/c1-14(9-10-15)8-2-3-11-4-6-12(13)7-5-11/h4-7,15H,8-10H2,1H3. The second-order valence-electron chi connectivity index (χ2n) is 3.27. The molecule has 0 radical (unpaired) electrons. The van der Waals surface area contributed by atoms with E-state index >= 15 is 0 Å². The van der Waals surface area contributed by atoms with Gasteiger partial charge in [0, 0.05) is 17.1 Å². The van der Waals surface area contributed by atoms with Gasteiger partial charge in [-0.3, -0.25) is 4.90 Å². The number of aliphatic hydroxyl groups is 1. The average molecular weight is 224 g/mol. The van der Waals surface area contributed by atoms with Crippen molar-refractivity contribution in [2.24, 2.45) is 0 Å². The first-order valence-corrected chi connectivity index (χ1v) is 5.14. The molecule has 0 heterocycles. The Morgan fingerprint density at radius 2 is 2.00 bits per heavy atom. The summed E-state index contributed by atoms with van der Waals surface area (Å²) < 4.78 is 0. The van der Waals surface area contributed by atoms with Crippen LogP contribution in [0.4, 0.5) is 0 Å². The van der Waals surface area contributed by atoms with Gasteiger partial charge in [0.2, 0.25) is 0 Å². The molecular weight excluding hydrogens is 210 g/mol. The van der Waals surface area contributed by atoms with Gasteiger partial charge in [-0.15, -0.1) is 0 Å². The van der Waals surface area contributed by atoms with Gasteiger partial charge in [-0.25, -0.2) is 0 Å². The minimum Gasteiger partial charge on any atom is -0.395 e. The van der Waals surface area contributed by atoms with Crippen LogP contribution < -0.4 is 0 Å². The molecule has 15 heavy (non-hydrogen) atoms. The molecule has 1 aromatic carbocycles. The Bertz CT molecular complexity index is 350. The van der Waals surface area contributed by atoms with Crippen molar-refractivity contribution < 1.29 is 5.11 Å². The van der Waals surface area contributed by atoms with E-state index in [4.69, 9.17) is 16.7 Å². The van der Waals surface area contributed by atoms with Crippen molar-refractivity contribution in [1.82, 2.24) is 4.90 Å². The van der Waals surface area contributed by atoms with E-state index in [1.165, 1.54) is 0 Å². The molecule has 1 aromatic rings. The second kappa shape index (κ2) is 6.47. The summed E-state index contributed by atoms with van der Waals surface area (Å²) in [6.45, 7) is 1.47. The Labute approximate surface area is 95.5 Å². The van der Waals surface area contributed by atoms with Gasteiger partial charge in [-0.05, 0) is 31.3 Å². The van der Waals surface area contributed by atoms with Crippen molar-refractivity contribution in [3.05, 3.63) is 34.9 Å². The third-order valence-electron chi connectivity index (χ3n) is 1.91. The molecular formula is C12H14ClNO. The van der Waals surface area contributed by atoms with Crippen molar-refractivity contribution in [2.45, 2.75) is 0 Å². The van der Waals surface area contributed by atoms with Crippen molar-refractivity contribution in [2.75, 3.05) is 26.7 Å². The van der Waals surface area contributed by atoms with Gasteiger partial charge in [0.1, 0.15) is 0 Å². The van der Waals surface area contributed by atoms with Crippen LogP contribution in [0.2, 0.25) is 5.02 Å². The van der Waals surface area contributed by atoms with Crippen molar-refractivity contribution in [1.29, 1.82) is 0 Å². The molecule has 0 saturated carbocycles. The molecule has 3 heteroatoms. The van der Waals surface area contributed by atoms with Crippen LogP contribution in [-0.4, -0.2) is 36.8 Å². The summed E-state index contributed by atoms with van der Waals surface area (Å²) in [4.78, 5) is 1.96. The van der Waals surface area contributed by atoms with Gasteiger partial charge < -0.3 is 5.11 Å². The molecule has 0 aliphatic heterocycles. The lowest BCUT2D eigenvalue weighted by Gasteiger charge is -2.09. The van der Waals surface area contributed by atoms with Crippen LogP contribution in [-0.2, 0) is 0 Å². The molecule has 0 aliphatic rings. The topological polar surface area (TPSA) is 23.5 Å². The molecule has 2 nitrogen and oxygen atoms in total. The van der Waals surface area contributed by atoms with E-state index in [9.17, 15) is 0 Å². The van der Waals surface area contributed by atoms with Gasteiger partial charge in [-0.2, -0.15) is 0 Å². The summed E-state index contributed by atoms with van der Waals surface area (Å²) in [5.74, 6) is 6.06. The highest BCUT2D eigenvalue weighted by molar-refractivity contribution is 6.30. The summed E-state index contributed by atoms with van der Waals surface area (Å²) in [5.41, 5.74) is 0.955. The average Bonchev–Trinajstić information content (AvgIpc) is 2.21. The largest absolute Gasteiger partial charge is 0.395 e. The zero-order valence-electron chi connectivity index (χ0n) is 8.70. The van der Waals surface area contributed by atoms with Crippen LogP contribution in [0.5, 0.6) is 0 Å². The Kier molecular flexibility index (Phi) is 5.20. The molecule has 0 unspecified atom stereocenters. The van der Waals surface area contributed by atoms with Crippen LogP contribution >= 0.6 is 11.6 Å². The fourth-order valence-electron chi connectivity index (χ4n) is 1.06. The lowest BCUT2D eigenvalue weighted by molar-refractivity contribution is 0.234. The number of hydrogen-bond acceptors (Lipinski definition) is 2. The predicted molar refractivity (Wildman–Crippen MR) is 62.9 cm³/mol. The summed E-state index contributed by atoms with van der Waals surface area (Å²) in [6.07, 6.45) is 0. The van der Waals surface area contributed by atoms with Gasteiger partial charge in [-0.1, -0.05) is 23.4 Å². The van der Waals surface area contributed by atoms with Crippen LogP contribution in [0.25, 0.3) is 0 Å². The molecule has 0 amide bonds. The van der Waals surface area contributed by atoms with Crippen LogP contribution in [0.1, 0.15) is 5.56 Å². The maximum absolute atomic E-state index is 8.68. The molecule has 1 N–H and O–H groups in total. The van der Waals surface area contributed by atoms with E-state index in [1.807, 2.05) is 36.2 Å². The summed E-state index contributed by atoms with van der Waals surface area (Å²) >= 11 is 5.75. The Morgan fingerprint density at radius 3 is 2.60 bits per heavy atom. The lowest BCUT2D eigenvalue weighted by atomic mass is 10.2. The molecule has 1 rings (SSSR count). The molecule has 0 atom stereocenters. The maximum Gasteiger partial charge on any atom is 0.0603 e. The third kappa shape index (κ3) is 4.85. The quantitative estimate of drug-likeness (QED) is 0.788. The number of rotatable bonds is 3. The highest BCUT2D eigenvalue weighted by atomic mass is 35.5. The predicted octanol–water partition coefficient (Wildman–Crippen LogP) is 1.62. The van der Waals surface area contributed by atoms with E-state index in [1.54, 1.807) is 0 Å². The number of halogens is 1. The van der Waals surface area contributed by atoms with Crippen molar-refractivity contribution in [3.8, 4) is 11.8 Å². The number of aliphatic hydroxyl groups excluding tert-OH is 1. The van der Waals surface area contributed by atoms with E-state index in [2.05, 4.69) is 11.8 Å². The normalized spacial score (nSPS) is 9.87. The zero-order chi connectivity index (χ0) is 11.1. The number of likely N-dealkylation sites (N-methyl/N-ethyl adjacent to an activating group) is 1. The minimum atomic E-state index is 0.166. The van der Waals surface area contributed by atoms with E-state index in [0.29, 0.717) is 13.1 Å². The smallest absolute Gasteiger partial charge is 0.0603 e. The monoisotopic (exact) mass is 223 g/mol. The molecule has 0 aliphatic carbocycles. The van der Waals surface area contributed by atoms with Gasteiger partial charge in [0.25, 0.3) is 0 Å². The maximum atomic E-state index is 8.68. The van der Waals surface area contributed by atoms with Crippen molar-refractivity contribution >= 4 is 11.6 Å². The second-order valence-corrected chi connectivity index (χ2v) is 3.71. The fourth-order valence-corrected chi connectivity index (χ4v) is 1.19. The fraction of sp³-hybridized carbons (Fsp3) is 0.333. The molecule has 80 valence electrons. The highest BCUT2D eigenvalue weighted by Gasteiger charge is 1.92. The molecule has 0 spiro atoms. The highest BCUT2D eigenvalue weighted by Crippen LogP contribution is 2.08. The minimum absolute atomic E-state index is 0.166. The van der Waals surface area contributed by atoms with Crippen LogP contribution in [0.15, 0.2) is 24.3 Å². The van der Waals surface area contributed by atoms with E-state index in [0.717, 1.165) is 10.6 Å². The van der Waals surface area contributed by atoms with E-state index in [-0.39, 0.29) is 6.61 Å². The molecule has 0 fully saturated rings. The summed E-state index contributed by atoms with van der Waals surface area (Å²) in [6, 6.07) is 7.43. The molecule has 0 saturated heterocycles. The first-order valence-electron chi connectivity index (χ1n) is 4.76. The lowest BCUT2D eigenvalue weighted by Crippen LogP contribution is -2.22. The SMILES string of the molecule is CN(CC#Cc1ccc(Cl)cc1)CCO. The molecule has 0 bridgehead atoms. The number of benzene rings is 1. The van der Waals surface area contributed by atoms with Crippen molar-refractivity contribution in [3.63, 3.8) is 0 Å². The van der Waals surface area contributed by atoms with Crippen LogP contribution in [0.3, 0.4) is 0 Å². The third-order valence-corrected chi connectivity index (χ3v) is 2.16. The summed E-state index contributed by atoms with van der Waals surface area (Å²) in [7, 11) is 1.92. The first-order chi connectivity index (χ1) is 7.22. The first kappa shape index (κ1) is 12.1. The Balaban J connectivity index is 2.47. The Hall–Kier alpha value is -1.01. The van der Waals surface area contributed by atoms with E-state index < -0.39 is 0 Å². The number of hydrogen-bond donors (Lipinski definition) is 1. The van der Waals surface area contributed by atoms with Crippen LogP contribution in [0, 0.1) is 11.8 Å².